The summed E-state index contributed by atoms with van der Waals surface area (Å²) in [4.78, 5) is 18.0. The van der Waals surface area contributed by atoms with Gasteiger partial charge in [-0.1, -0.05) is 81.6 Å². The Labute approximate surface area is 176 Å². The van der Waals surface area contributed by atoms with Gasteiger partial charge in [-0.3, -0.25) is 4.79 Å². The van der Waals surface area contributed by atoms with Crippen LogP contribution in [0.2, 0.25) is 0 Å². The van der Waals surface area contributed by atoms with Gasteiger partial charge in [-0.05, 0) is 23.0 Å². The predicted octanol–water partition coefficient (Wildman–Crippen LogP) is 5.45. The summed E-state index contributed by atoms with van der Waals surface area (Å²) >= 11 is 8.98. The van der Waals surface area contributed by atoms with E-state index in [-0.39, 0.29) is 11.4 Å². The van der Waals surface area contributed by atoms with Crippen molar-refractivity contribution in [2.75, 3.05) is 24.7 Å². The molecule has 1 heterocycles. The van der Waals surface area contributed by atoms with E-state index in [2.05, 4.69) is 50.8 Å². The molecule has 2 rings (SSSR count). The number of carbonyl (C=O) groups is 1. The second-order valence-electron chi connectivity index (χ2n) is 7.60. The van der Waals surface area contributed by atoms with Crippen LogP contribution in [0.5, 0.6) is 0 Å². The summed E-state index contributed by atoms with van der Waals surface area (Å²) in [5.41, 5.74) is 2.40. The first-order chi connectivity index (χ1) is 12.7. The zero-order valence-electron chi connectivity index (χ0n) is 16.7. The number of carbonyl (C=O) groups excluding carboxylic acids is 1. The van der Waals surface area contributed by atoms with E-state index in [0.717, 1.165) is 27.5 Å². The molecule has 0 amide bonds. The van der Waals surface area contributed by atoms with Crippen molar-refractivity contribution < 1.29 is 9.53 Å². The molecule has 0 bridgehead atoms. The van der Waals surface area contributed by atoms with Crippen LogP contribution in [-0.2, 0) is 9.53 Å². The lowest BCUT2D eigenvalue weighted by Crippen LogP contribution is -2.45. The highest BCUT2D eigenvalue weighted by molar-refractivity contribution is 8.23. The van der Waals surface area contributed by atoms with Crippen LogP contribution in [0.4, 0.5) is 5.69 Å². The number of nitrogens with zero attached hydrogens (tertiary/aromatic N) is 2. The van der Waals surface area contributed by atoms with Crippen molar-refractivity contribution in [1.29, 1.82) is 0 Å². The van der Waals surface area contributed by atoms with Crippen molar-refractivity contribution in [3.63, 3.8) is 0 Å². The van der Waals surface area contributed by atoms with Gasteiger partial charge >= 0.3 is 5.97 Å². The van der Waals surface area contributed by atoms with Gasteiger partial charge in [-0.25, -0.2) is 4.99 Å². The van der Waals surface area contributed by atoms with E-state index in [0.29, 0.717) is 18.3 Å². The van der Waals surface area contributed by atoms with Gasteiger partial charge in [0.15, 0.2) is 5.17 Å². The molecule has 1 fully saturated rings. The molecule has 7 heteroatoms. The lowest BCUT2D eigenvalue weighted by Gasteiger charge is -2.39. The first-order valence-electron chi connectivity index (χ1n) is 9.08. The molecule has 0 unspecified atom stereocenters. The molecule has 1 aromatic rings. The number of hydrogen-bond acceptors (Lipinski definition) is 6. The van der Waals surface area contributed by atoms with Gasteiger partial charge in [0.25, 0.3) is 0 Å². The number of thioether (sulfide) groups is 2. The number of thiocarbonyl (C=S) groups is 1. The highest BCUT2D eigenvalue weighted by atomic mass is 32.2. The van der Waals surface area contributed by atoms with E-state index in [1.54, 1.807) is 11.8 Å². The van der Waals surface area contributed by atoms with E-state index in [4.69, 9.17) is 21.9 Å². The maximum Gasteiger partial charge on any atom is 0.302 e. The Kier molecular flexibility index (Phi) is 8.19. The molecule has 1 aromatic carbocycles. The van der Waals surface area contributed by atoms with E-state index in [9.17, 15) is 4.79 Å². The smallest absolute Gasteiger partial charge is 0.302 e. The maximum atomic E-state index is 10.9. The fraction of sp³-hybridized carbons (Fsp3) is 0.550. The monoisotopic (exact) mass is 424 g/mol. The minimum atomic E-state index is -0.260. The molecule has 0 spiro atoms. The lowest BCUT2D eigenvalue weighted by atomic mass is 9.96. The Hall–Kier alpha value is -1.05. The first-order valence-corrected chi connectivity index (χ1v) is 11.5. The van der Waals surface area contributed by atoms with Crippen molar-refractivity contribution >= 4 is 56.9 Å². The summed E-state index contributed by atoms with van der Waals surface area (Å²) in [5.74, 6) is 1.81. The maximum absolute atomic E-state index is 10.9. The van der Waals surface area contributed by atoms with Crippen LogP contribution in [-0.4, -0.2) is 45.0 Å². The Bertz CT molecular complexity index is 717. The SMILES string of the molecule is CC(=O)OCCSC(=S)N1CC(C)(C)CSC1=Nc1ccccc1C(C)C. The van der Waals surface area contributed by atoms with Crippen molar-refractivity contribution in [1.82, 2.24) is 4.90 Å². The summed E-state index contributed by atoms with van der Waals surface area (Å²) in [7, 11) is 0. The molecule has 0 radical (unpaired) electrons. The molecule has 0 saturated carbocycles. The van der Waals surface area contributed by atoms with Crippen LogP contribution in [0.25, 0.3) is 0 Å². The minimum absolute atomic E-state index is 0.155. The minimum Gasteiger partial charge on any atom is -0.465 e. The Morgan fingerprint density at radius 1 is 1.41 bits per heavy atom. The molecule has 0 aliphatic carbocycles. The average molecular weight is 425 g/mol. The molecular weight excluding hydrogens is 396 g/mol. The first kappa shape index (κ1) is 22.2. The molecule has 4 nitrogen and oxygen atoms in total. The van der Waals surface area contributed by atoms with Gasteiger partial charge < -0.3 is 9.64 Å². The molecule has 1 aliphatic rings. The fourth-order valence-corrected chi connectivity index (χ4v) is 4.94. The fourth-order valence-electron chi connectivity index (χ4n) is 2.69. The predicted molar refractivity (Wildman–Crippen MR) is 122 cm³/mol. The topological polar surface area (TPSA) is 41.9 Å². The molecule has 1 saturated heterocycles. The summed E-state index contributed by atoms with van der Waals surface area (Å²) in [5, 5.41) is 0.951. The molecule has 0 aromatic heterocycles. The highest BCUT2D eigenvalue weighted by Crippen LogP contribution is 2.35. The Morgan fingerprint density at radius 3 is 2.78 bits per heavy atom. The number of benzene rings is 1. The summed E-state index contributed by atoms with van der Waals surface area (Å²) in [6.45, 7) is 11.5. The van der Waals surface area contributed by atoms with Gasteiger partial charge in [-0.2, -0.15) is 0 Å². The molecule has 0 atom stereocenters. The summed E-state index contributed by atoms with van der Waals surface area (Å²) < 4.78 is 5.79. The number of hydrogen-bond donors (Lipinski definition) is 0. The standard InChI is InChI=1S/C20H28N2O2S3/c1-14(2)16-8-6-7-9-17(16)21-18-22(12-20(4,5)13-27-18)19(25)26-11-10-24-15(3)23/h6-9,14H,10-13H2,1-5H3. The number of aliphatic imine (C=N–C) groups is 1. The number of ether oxygens (including phenoxy) is 1. The second-order valence-corrected chi connectivity index (χ2v) is 10.3. The van der Waals surface area contributed by atoms with Crippen molar-refractivity contribution in [3.05, 3.63) is 29.8 Å². The van der Waals surface area contributed by atoms with Crippen molar-refractivity contribution in [2.24, 2.45) is 10.4 Å². The number of para-hydroxylation sites is 1. The quantitative estimate of drug-likeness (QED) is 0.355. The second kappa shape index (κ2) is 9.94. The average Bonchev–Trinajstić information content (AvgIpc) is 2.60. The van der Waals surface area contributed by atoms with Crippen LogP contribution < -0.4 is 0 Å². The normalized spacial score (nSPS) is 18.0. The highest BCUT2D eigenvalue weighted by Gasteiger charge is 2.33. The third-order valence-corrected chi connectivity index (χ3v) is 6.93. The Morgan fingerprint density at radius 2 is 2.11 bits per heavy atom. The largest absolute Gasteiger partial charge is 0.465 e. The summed E-state index contributed by atoms with van der Waals surface area (Å²) in [6, 6.07) is 8.29. The lowest BCUT2D eigenvalue weighted by molar-refractivity contribution is -0.140. The summed E-state index contributed by atoms with van der Waals surface area (Å²) in [6.07, 6.45) is 0. The van der Waals surface area contributed by atoms with Gasteiger partial charge in [-0.15, -0.1) is 0 Å². The van der Waals surface area contributed by atoms with Crippen molar-refractivity contribution in [2.45, 2.75) is 40.5 Å². The van der Waals surface area contributed by atoms with Gasteiger partial charge in [0.2, 0.25) is 0 Å². The van der Waals surface area contributed by atoms with Crippen LogP contribution in [0.15, 0.2) is 29.3 Å². The third kappa shape index (κ3) is 6.80. The Balaban J connectivity index is 2.20. The zero-order valence-corrected chi connectivity index (χ0v) is 19.1. The molecule has 1 aliphatic heterocycles. The van der Waals surface area contributed by atoms with Crippen LogP contribution in [0, 0.1) is 5.41 Å². The number of amidine groups is 1. The number of rotatable bonds is 5. The van der Waals surface area contributed by atoms with Gasteiger partial charge in [0.1, 0.15) is 10.9 Å². The molecule has 27 heavy (non-hydrogen) atoms. The molecule has 0 N–H and O–H groups in total. The van der Waals surface area contributed by atoms with E-state index < -0.39 is 0 Å². The number of esters is 1. The van der Waals surface area contributed by atoms with Crippen LogP contribution in [0.3, 0.4) is 0 Å². The van der Waals surface area contributed by atoms with Crippen LogP contribution >= 0.6 is 35.7 Å². The van der Waals surface area contributed by atoms with E-state index in [1.807, 2.05) is 6.07 Å². The zero-order chi connectivity index (χ0) is 20.0. The van der Waals surface area contributed by atoms with E-state index >= 15 is 0 Å². The van der Waals surface area contributed by atoms with E-state index in [1.165, 1.54) is 24.2 Å². The molecular formula is C20H28N2O2S3. The van der Waals surface area contributed by atoms with Crippen LogP contribution in [0.1, 0.15) is 46.1 Å². The van der Waals surface area contributed by atoms with Gasteiger partial charge in [0, 0.05) is 25.0 Å². The van der Waals surface area contributed by atoms with Gasteiger partial charge in [0.05, 0.1) is 5.69 Å². The molecule has 148 valence electrons. The van der Waals surface area contributed by atoms with Crippen molar-refractivity contribution in [3.8, 4) is 0 Å². The third-order valence-electron chi connectivity index (χ3n) is 4.02.